The van der Waals surface area contributed by atoms with Gasteiger partial charge in [-0.15, -0.1) is 0 Å². The van der Waals surface area contributed by atoms with Gasteiger partial charge in [-0.1, -0.05) is 30.3 Å². The first-order chi connectivity index (χ1) is 15.0. The molecule has 0 aliphatic carbocycles. The molecular formula is C26H24O5. The smallest absolute Gasteiger partial charge is 0.200 e. The van der Waals surface area contributed by atoms with E-state index in [1.165, 1.54) is 5.56 Å². The van der Waals surface area contributed by atoms with Crippen LogP contribution in [0.15, 0.2) is 69.9 Å². The Bertz CT molecular complexity index is 1300. The Labute approximate surface area is 180 Å². The maximum absolute atomic E-state index is 13.3. The molecule has 3 aromatic carbocycles. The van der Waals surface area contributed by atoms with Crippen LogP contribution in [-0.2, 0) is 6.61 Å². The molecule has 1 heterocycles. The fourth-order valence-electron chi connectivity index (χ4n) is 3.63. The van der Waals surface area contributed by atoms with Gasteiger partial charge in [-0.05, 0) is 54.8 Å². The Morgan fingerprint density at radius 1 is 0.871 bits per heavy atom. The minimum atomic E-state index is -0.101. The topological polar surface area (TPSA) is 57.9 Å². The summed E-state index contributed by atoms with van der Waals surface area (Å²) in [6.07, 6.45) is 0. The Morgan fingerprint density at radius 2 is 1.65 bits per heavy atom. The fourth-order valence-corrected chi connectivity index (χ4v) is 3.63. The highest BCUT2D eigenvalue weighted by Crippen LogP contribution is 2.33. The summed E-state index contributed by atoms with van der Waals surface area (Å²) in [6.45, 7) is 4.29. The molecule has 1 aromatic heterocycles. The third-order valence-electron chi connectivity index (χ3n) is 5.37. The first kappa shape index (κ1) is 20.5. The Kier molecular flexibility index (Phi) is 5.67. The van der Waals surface area contributed by atoms with E-state index in [9.17, 15) is 4.79 Å². The molecule has 158 valence electrons. The molecule has 0 N–H and O–H groups in total. The van der Waals surface area contributed by atoms with Crippen LogP contribution in [0, 0.1) is 13.8 Å². The van der Waals surface area contributed by atoms with Gasteiger partial charge in [0.15, 0.2) is 11.5 Å². The lowest BCUT2D eigenvalue weighted by atomic mass is 10.0. The molecule has 0 fully saturated rings. The van der Waals surface area contributed by atoms with E-state index in [0.29, 0.717) is 51.7 Å². The maximum atomic E-state index is 13.3. The number of ether oxygens (including phenoxy) is 3. The van der Waals surface area contributed by atoms with Gasteiger partial charge in [0, 0.05) is 6.07 Å². The van der Waals surface area contributed by atoms with Crippen molar-refractivity contribution in [1.82, 2.24) is 0 Å². The molecule has 5 heteroatoms. The van der Waals surface area contributed by atoms with E-state index in [0.717, 1.165) is 5.56 Å². The second kappa shape index (κ2) is 8.56. The lowest BCUT2D eigenvalue weighted by Crippen LogP contribution is -2.08. The lowest BCUT2D eigenvalue weighted by molar-refractivity contribution is 0.305. The summed E-state index contributed by atoms with van der Waals surface area (Å²) in [7, 11) is 3.14. The van der Waals surface area contributed by atoms with Gasteiger partial charge in [0.25, 0.3) is 0 Å². The van der Waals surface area contributed by atoms with Crippen molar-refractivity contribution in [3.8, 4) is 28.4 Å². The number of hydrogen-bond acceptors (Lipinski definition) is 5. The highest BCUT2D eigenvalue weighted by molar-refractivity contribution is 5.84. The van der Waals surface area contributed by atoms with Crippen LogP contribution in [-0.4, -0.2) is 14.2 Å². The molecule has 0 bridgehead atoms. The standard InChI is InChI=1S/C26H24O5/c1-16-7-5-6-8-19(16)15-30-20-10-11-21-23(14-20)31-17(2)25(26(21)27)18-9-12-22(28-3)24(13-18)29-4/h5-14H,15H2,1-4H3. The minimum Gasteiger partial charge on any atom is -0.493 e. The zero-order chi connectivity index (χ0) is 22.0. The quantitative estimate of drug-likeness (QED) is 0.405. The molecule has 4 rings (SSSR count). The Balaban J connectivity index is 1.70. The summed E-state index contributed by atoms with van der Waals surface area (Å²) in [4.78, 5) is 13.3. The van der Waals surface area contributed by atoms with Crippen molar-refractivity contribution in [1.29, 1.82) is 0 Å². The summed E-state index contributed by atoms with van der Waals surface area (Å²) in [6, 6.07) is 18.8. The van der Waals surface area contributed by atoms with Crippen LogP contribution in [0.25, 0.3) is 22.1 Å². The zero-order valence-electron chi connectivity index (χ0n) is 18.0. The molecule has 5 nitrogen and oxygen atoms in total. The van der Waals surface area contributed by atoms with Gasteiger partial charge in [-0.2, -0.15) is 0 Å². The molecule has 0 amide bonds. The summed E-state index contributed by atoms with van der Waals surface area (Å²) in [5.74, 6) is 2.33. The van der Waals surface area contributed by atoms with Crippen molar-refractivity contribution >= 4 is 11.0 Å². The average Bonchev–Trinajstić information content (AvgIpc) is 2.78. The minimum absolute atomic E-state index is 0.101. The third-order valence-corrected chi connectivity index (χ3v) is 5.37. The van der Waals surface area contributed by atoms with Crippen molar-refractivity contribution in [2.24, 2.45) is 0 Å². The summed E-state index contributed by atoms with van der Waals surface area (Å²) < 4.78 is 22.6. The average molecular weight is 416 g/mol. The predicted octanol–water partition coefficient (Wildman–Crippen LogP) is 5.67. The predicted molar refractivity (Wildman–Crippen MR) is 121 cm³/mol. The SMILES string of the molecule is COc1ccc(-c2c(C)oc3cc(OCc4ccccc4C)ccc3c2=O)cc1OC. The molecule has 4 aromatic rings. The van der Waals surface area contributed by atoms with Gasteiger partial charge in [0.1, 0.15) is 23.7 Å². The molecule has 31 heavy (non-hydrogen) atoms. The summed E-state index contributed by atoms with van der Waals surface area (Å²) in [5.41, 5.74) is 3.90. The van der Waals surface area contributed by atoms with Crippen LogP contribution >= 0.6 is 0 Å². The van der Waals surface area contributed by atoms with Crippen molar-refractivity contribution < 1.29 is 18.6 Å². The molecule has 0 unspecified atom stereocenters. The van der Waals surface area contributed by atoms with Gasteiger partial charge < -0.3 is 18.6 Å². The maximum Gasteiger partial charge on any atom is 0.200 e. The molecule has 0 aliphatic heterocycles. The largest absolute Gasteiger partial charge is 0.493 e. The summed E-state index contributed by atoms with van der Waals surface area (Å²) in [5, 5.41) is 0.499. The van der Waals surface area contributed by atoms with Crippen LogP contribution < -0.4 is 19.6 Å². The monoisotopic (exact) mass is 416 g/mol. The van der Waals surface area contributed by atoms with E-state index >= 15 is 0 Å². The fraction of sp³-hybridized carbons (Fsp3) is 0.192. The van der Waals surface area contributed by atoms with Crippen LogP contribution in [0.5, 0.6) is 17.2 Å². The van der Waals surface area contributed by atoms with Gasteiger partial charge in [0.05, 0.1) is 25.2 Å². The van der Waals surface area contributed by atoms with E-state index in [4.69, 9.17) is 18.6 Å². The van der Waals surface area contributed by atoms with Crippen LogP contribution in [0.4, 0.5) is 0 Å². The first-order valence-corrected chi connectivity index (χ1v) is 9.99. The normalized spacial score (nSPS) is 10.8. The molecule has 0 atom stereocenters. The number of rotatable bonds is 6. The molecule has 0 saturated carbocycles. The van der Waals surface area contributed by atoms with Crippen molar-refractivity contribution in [3.05, 3.63) is 87.8 Å². The number of methoxy groups -OCH3 is 2. The number of hydrogen-bond donors (Lipinski definition) is 0. The Hall–Kier alpha value is -3.73. The van der Waals surface area contributed by atoms with Crippen LogP contribution in [0.2, 0.25) is 0 Å². The van der Waals surface area contributed by atoms with Crippen molar-refractivity contribution in [2.75, 3.05) is 14.2 Å². The lowest BCUT2D eigenvalue weighted by Gasteiger charge is -2.12. The molecule has 0 radical (unpaired) electrons. The van der Waals surface area contributed by atoms with E-state index < -0.39 is 0 Å². The van der Waals surface area contributed by atoms with E-state index in [1.54, 1.807) is 51.5 Å². The van der Waals surface area contributed by atoms with Gasteiger partial charge in [-0.3, -0.25) is 4.79 Å². The number of fused-ring (bicyclic) bond motifs is 1. The molecule has 0 spiro atoms. The van der Waals surface area contributed by atoms with E-state index in [2.05, 4.69) is 13.0 Å². The van der Waals surface area contributed by atoms with E-state index in [1.807, 2.05) is 24.3 Å². The second-order valence-electron chi connectivity index (χ2n) is 7.31. The van der Waals surface area contributed by atoms with Gasteiger partial charge in [0.2, 0.25) is 5.43 Å². The molecule has 0 saturated heterocycles. The zero-order valence-corrected chi connectivity index (χ0v) is 18.0. The highest BCUT2D eigenvalue weighted by Gasteiger charge is 2.16. The molecular weight excluding hydrogens is 392 g/mol. The highest BCUT2D eigenvalue weighted by atomic mass is 16.5. The Morgan fingerprint density at radius 3 is 2.39 bits per heavy atom. The first-order valence-electron chi connectivity index (χ1n) is 9.99. The number of benzene rings is 3. The molecule has 0 aliphatic rings. The number of aryl methyl sites for hydroxylation is 2. The van der Waals surface area contributed by atoms with Crippen molar-refractivity contribution in [2.45, 2.75) is 20.5 Å². The third kappa shape index (κ3) is 3.99. The van der Waals surface area contributed by atoms with Crippen molar-refractivity contribution in [3.63, 3.8) is 0 Å². The van der Waals surface area contributed by atoms with Crippen LogP contribution in [0.1, 0.15) is 16.9 Å². The second-order valence-corrected chi connectivity index (χ2v) is 7.31. The van der Waals surface area contributed by atoms with Gasteiger partial charge >= 0.3 is 0 Å². The van der Waals surface area contributed by atoms with Gasteiger partial charge in [-0.25, -0.2) is 0 Å². The summed E-state index contributed by atoms with van der Waals surface area (Å²) >= 11 is 0. The van der Waals surface area contributed by atoms with Crippen LogP contribution in [0.3, 0.4) is 0 Å². The van der Waals surface area contributed by atoms with E-state index in [-0.39, 0.29) is 5.43 Å².